The van der Waals surface area contributed by atoms with Crippen LogP contribution in [0.15, 0.2) is 0 Å². The Hall–Kier alpha value is -0.256. The fourth-order valence-electron chi connectivity index (χ4n) is 4.84. The molecule has 6 nitrogen and oxygen atoms in total. The second kappa shape index (κ2) is 12.3. The Morgan fingerprint density at radius 2 is 1.32 bits per heavy atom. The average Bonchev–Trinajstić information content (AvgIpc) is 2.73. The number of hydrogen-bond donors (Lipinski definition) is 0. The van der Waals surface area contributed by atoms with Gasteiger partial charge in [-0.05, 0) is 50.1 Å². The van der Waals surface area contributed by atoms with Gasteiger partial charge >= 0.3 is 0 Å². The zero-order valence-corrected chi connectivity index (χ0v) is 30.2. The molecule has 226 valence electrons. The highest BCUT2D eigenvalue weighted by Crippen LogP contribution is 2.45. The third-order valence-electron chi connectivity index (χ3n) is 9.54. The highest BCUT2D eigenvalue weighted by atomic mass is 28.4. The normalized spacial score (nSPS) is 25.3. The van der Waals surface area contributed by atoms with Gasteiger partial charge in [-0.15, -0.1) is 0 Å². The van der Waals surface area contributed by atoms with Gasteiger partial charge in [-0.3, -0.25) is 4.79 Å². The minimum Gasteiger partial charge on any atom is -0.413 e. The number of carbonyl (C=O) groups excluding carboxylic acids is 1. The van der Waals surface area contributed by atoms with Gasteiger partial charge in [-0.25, -0.2) is 0 Å². The van der Waals surface area contributed by atoms with Crippen LogP contribution in [-0.4, -0.2) is 72.2 Å². The molecule has 0 aromatic carbocycles. The Bertz CT molecular complexity index is 784. The summed E-state index contributed by atoms with van der Waals surface area (Å²) < 4.78 is 27.0. The summed E-state index contributed by atoms with van der Waals surface area (Å²) >= 11 is 0. The Morgan fingerprint density at radius 3 is 1.71 bits per heavy atom. The van der Waals surface area contributed by atoms with Crippen molar-refractivity contribution in [2.45, 2.75) is 143 Å². The first-order valence-corrected chi connectivity index (χ1v) is 20.5. The van der Waals surface area contributed by atoms with Gasteiger partial charge in [0.1, 0.15) is 0 Å². The number of carbonyl (C=O) groups is 1. The maximum atomic E-state index is 13.4. The lowest BCUT2D eigenvalue weighted by molar-refractivity contribution is -0.304. The van der Waals surface area contributed by atoms with E-state index in [0.29, 0.717) is 6.61 Å². The maximum absolute atomic E-state index is 13.4. The van der Waals surface area contributed by atoms with E-state index >= 15 is 0 Å². The van der Waals surface area contributed by atoms with E-state index in [9.17, 15) is 4.79 Å². The van der Waals surface area contributed by atoms with Gasteiger partial charge in [0.2, 0.25) is 5.91 Å². The summed E-state index contributed by atoms with van der Waals surface area (Å²) in [6.07, 6.45) is -0.431. The molecule has 1 heterocycles. The van der Waals surface area contributed by atoms with Crippen molar-refractivity contribution in [3.8, 4) is 0 Å². The average molecular weight is 574 g/mol. The van der Waals surface area contributed by atoms with Crippen LogP contribution in [0.25, 0.3) is 0 Å². The fraction of sp³-hybridized carbons (Fsp3) is 0.967. The van der Waals surface area contributed by atoms with Gasteiger partial charge in [-0.2, -0.15) is 0 Å². The monoisotopic (exact) mass is 573 g/mol. The molecule has 0 spiro atoms. The summed E-state index contributed by atoms with van der Waals surface area (Å²) in [6.45, 7) is 36.2. The Morgan fingerprint density at radius 1 is 0.895 bits per heavy atom. The van der Waals surface area contributed by atoms with Crippen molar-refractivity contribution < 1.29 is 23.1 Å². The van der Waals surface area contributed by atoms with Crippen LogP contribution < -0.4 is 0 Å². The molecule has 38 heavy (non-hydrogen) atoms. The first-order chi connectivity index (χ1) is 16.8. The summed E-state index contributed by atoms with van der Waals surface area (Å²) in [7, 11) is -0.694. The van der Waals surface area contributed by atoms with E-state index in [1.54, 1.807) is 4.90 Å². The highest BCUT2D eigenvalue weighted by Gasteiger charge is 2.50. The van der Waals surface area contributed by atoms with Crippen LogP contribution in [0.1, 0.15) is 83.1 Å². The quantitative estimate of drug-likeness (QED) is 0.253. The standard InChI is InChI=1S/C30H63NO5Si2/c1-20-19-33-30(11,12)34-24(20)21(2)25(35-37(15,16)28(5,6)7)22(3)26(23(4)27(32)31(13)14)36-38(17,18)29(8,9)10/h20-26H,19H2,1-18H3/t20-,21+,22-,23+,24-,25-,26+/m1/s1. The molecule has 1 rings (SSSR count). The van der Waals surface area contributed by atoms with E-state index in [4.69, 9.17) is 18.3 Å². The summed E-state index contributed by atoms with van der Waals surface area (Å²) in [5.41, 5.74) is 0. The van der Waals surface area contributed by atoms with Gasteiger partial charge in [0.05, 0.1) is 30.8 Å². The second-order valence-corrected chi connectivity index (χ2v) is 25.2. The van der Waals surface area contributed by atoms with Crippen LogP contribution in [0, 0.1) is 23.7 Å². The van der Waals surface area contributed by atoms with E-state index < -0.39 is 22.4 Å². The number of nitrogens with zero attached hydrogens (tertiary/aromatic N) is 1. The summed E-state index contributed by atoms with van der Waals surface area (Å²) in [5, 5.41) is 0.0720. The molecule has 0 aromatic heterocycles. The third kappa shape index (κ3) is 8.62. The molecular formula is C30H63NO5Si2. The zero-order valence-electron chi connectivity index (χ0n) is 28.2. The van der Waals surface area contributed by atoms with Gasteiger partial charge in [0, 0.05) is 31.8 Å². The molecule has 0 aromatic rings. The predicted octanol–water partition coefficient (Wildman–Crippen LogP) is 7.55. The van der Waals surface area contributed by atoms with Crippen LogP contribution in [0.2, 0.25) is 36.3 Å². The largest absolute Gasteiger partial charge is 0.413 e. The van der Waals surface area contributed by atoms with Crippen LogP contribution >= 0.6 is 0 Å². The Labute approximate surface area is 238 Å². The molecule has 0 unspecified atom stereocenters. The summed E-state index contributed by atoms with van der Waals surface area (Å²) in [6, 6.07) is 0. The molecule has 1 aliphatic rings. The predicted molar refractivity (Wildman–Crippen MR) is 164 cm³/mol. The summed E-state index contributed by atoms with van der Waals surface area (Å²) in [5.74, 6) is -0.538. The smallest absolute Gasteiger partial charge is 0.227 e. The molecule has 0 N–H and O–H groups in total. The molecule has 8 heteroatoms. The Balaban J connectivity index is 3.66. The van der Waals surface area contributed by atoms with Crippen LogP contribution in [-0.2, 0) is 23.1 Å². The first-order valence-electron chi connectivity index (χ1n) is 14.6. The lowest BCUT2D eigenvalue weighted by atomic mass is 9.79. The molecule has 0 bridgehead atoms. The number of rotatable bonds is 10. The van der Waals surface area contributed by atoms with Gasteiger partial charge < -0.3 is 23.2 Å². The van der Waals surface area contributed by atoms with Crippen molar-refractivity contribution in [2.75, 3.05) is 20.7 Å². The van der Waals surface area contributed by atoms with Crippen LogP contribution in [0.4, 0.5) is 0 Å². The molecular weight excluding hydrogens is 511 g/mol. The van der Waals surface area contributed by atoms with Gasteiger partial charge in [0.25, 0.3) is 0 Å². The van der Waals surface area contributed by atoms with Crippen molar-refractivity contribution >= 4 is 22.5 Å². The minimum absolute atomic E-state index is 0.0195. The van der Waals surface area contributed by atoms with Crippen molar-refractivity contribution in [1.29, 1.82) is 0 Å². The molecule has 0 aliphatic carbocycles. The molecule has 1 aliphatic heterocycles. The van der Waals surface area contributed by atoms with Crippen LogP contribution in [0.5, 0.6) is 0 Å². The Kier molecular flexibility index (Phi) is 11.6. The minimum atomic E-state index is -2.19. The van der Waals surface area contributed by atoms with Crippen molar-refractivity contribution in [2.24, 2.45) is 23.7 Å². The molecule has 1 saturated heterocycles. The van der Waals surface area contributed by atoms with Crippen molar-refractivity contribution in [3.05, 3.63) is 0 Å². The highest BCUT2D eigenvalue weighted by molar-refractivity contribution is 6.74. The van der Waals surface area contributed by atoms with Gasteiger partial charge in [-0.1, -0.05) is 69.2 Å². The number of amides is 1. The van der Waals surface area contributed by atoms with Crippen molar-refractivity contribution in [1.82, 2.24) is 4.90 Å². The van der Waals surface area contributed by atoms with E-state index in [1.807, 2.05) is 34.9 Å². The lowest BCUT2D eigenvalue weighted by Crippen LogP contribution is -2.58. The SMILES string of the molecule is C[C@H]([C@@H](O[Si](C)(C)C(C)(C)C)[C@@H](C)[C@H](O[Si](C)(C)C(C)(C)C)[C@H](C)C(=O)N(C)C)[C@@H]1OC(C)(C)OC[C@H]1C. The van der Waals surface area contributed by atoms with E-state index in [-0.39, 0.29) is 58.0 Å². The second-order valence-electron chi connectivity index (χ2n) is 15.7. The molecule has 1 amide bonds. The van der Waals surface area contributed by atoms with Crippen LogP contribution in [0.3, 0.4) is 0 Å². The van der Waals surface area contributed by atoms with E-state index in [0.717, 1.165) is 0 Å². The third-order valence-corrected chi connectivity index (χ3v) is 18.5. The number of ether oxygens (including phenoxy) is 2. The van der Waals surface area contributed by atoms with Crippen molar-refractivity contribution in [3.63, 3.8) is 0 Å². The zero-order chi connectivity index (χ0) is 30.2. The maximum Gasteiger partial charge on any atom is 0.227 e. The van der Waals surface area contributed by atoms with E-state index in [1.165, 1.54) is 0 Å². The molecule has 0 radical (unpaired) electrons. The van der Waals surface area contributed by atoms with E-state index in [2.05, 4.69) is 88.5 Å². The molecule has 1 fully saturated rings. The number of hydrogen-bond acceptors (Lipinski definition) is 5. The topological polar surface area (TPSA) is 57.2 Å². The fourth-order valence-corrected chi connectivity index (χ4v) is 7.76. The van der Waals surface area contributed by atoms with Gasteiger partial charge in [0.15, 0.2) is 22.4 Å². The molecule has 0 saturated carbocycles. The lowest BCUT2D eigenvalue weighted by Gasteiger charge is -2.50. The summed E-state index contributed by atoms with van der Waals surface area (Å²) in [4.78, 5) is 15.1. The first kappa shape index (κ1) is 35.8. The molecule has 7 atom stereocenters.